The van der Waals surface area contributed by atoms with Gasteiger partial charge in [0.1, 0.15) is 0 Å². The molecule has 0 saturated heterocycles. The van der Waals surface area contributed by atoms with Gasteiger partial charge in [0.25, 0.3) is 0 Å². The highest BCUT2D eigenvalue weighted by molar-refractivity contribution is 7.89. The maximum absolute atomic E-state index is 11.8. The van der Waals surface area contributed by atoms with Crippen molar-refractivity contribution in [2.45, 2.75) is 20.3 Å². The molecule has 0 aromatic carbocycles. The van der Waals surface area contributed by atoms with E-state index in [-0.39, 0.29) is 17.6 Å². The second-order valence-electron chi connectivity index (χ2n) is 4.77. The summed E-state index contributed by atoms with van der Waals surface area (Å²) in [5.41, 5.74) is 5.26. The molecule has 17 heavy (non-hydrogen) atoms. The van der Waals surface area contributed by atoms with Gasteiger partial charge in [0.05, 0.1) is 19.3 Å². The van der Waals surface area contributed by atoms with Crippen LogP contribution in [0, 0.1) is 5.41 Å². The summed E-state index contributed by atoms with van der Waals surface area (Å²) in [6.45, 7) is 4.50. The Balaban J connectivity index is 4.46. The minimum Gasteiger partial charge on any atom is -0.469 e. The van der Waals surface area contributed by atoms with E-state index < -0.39 is 16.0 Å². The SMILES string of the molecule is COC(=O)CCS(=O)(=O)N(C)CC(C)(C)CN. The largest absolute Gasteiger partial charge is 0.469 e. The Morgan fingerprint density at radius 1 is 1.41 bits per heavy atom. The zero-order valence-corrected chi connectivity index (χ0v) is 11.7. The van der Waals surface area contributed by atoms with E-state index in [1.54, 1.807) is 0 Å². The van der Waals surface area contributed by atoms with Crippen LogP contribution in [0.2, 0.25) is 0 Å². The van der Waals surface area contributed by atoms with E-state index in [4.69, 9.17) is 5.73 Å². The lowest BCUT2D eigenvalue weighted by Gasteiger charge is -2.28. The number of nitrogens with two attached hydrogens (primary N) is 1. The highest BCUT2D eigenvalue weighted by atomic mass is 32.2. The normalized spacial score (nSPS) is 12.8. The van der Waals surface area contributed by atoms with Crippen molar-refractivity contribution in [2.75, 3.05) is 33.0 Å². The van der Waals surface area contributed by atoms with E-state index in [0.717, 1.165) is 0 Å². The van der Waals surface area contributed by atoms with Crippen LogP contribution >= 0.6 is 0 Å². The van der Waals surface area contributed by atoms with Gasteiger partial charge in [-0.15, -0.1) is 0 Å². The van der Waals surface area contributed by atoms with E-state index >= 15 is 0 Å². The first kappa shape index (κ1) is 16.3. The van der Waals surface area contributed by atoms with Crippen molar-refractivity contribution in [2.24, 2.45) is 11.1 Å². The van der Waals surface area contributed by atoms with Gasteiger partial charge in [-0.3, -0.25) is 4.79 Å². The Morgan fingerprint density at radius 2 is 1.94 bits per heavy atom. The van der Waals surface area contributed by atoms with Gasteiger partial charge in [-0.05, 0) is 12.0 Å². The summed E-state index contributed by atoms with van der Waals surface area (Å²) in [6.07, 6.45) is -0.133. The van der Waals surface area contributed by atoms with Gasteiger partial charge < -0.3 is 10.5 Å². The molecule has 0 aromatic rings. The molecule has 0 spiro atoms. The van der Waals surface area contributed by atoms with Gasteiger partial charge in [-0.25, -0.2) is 12.7 Å². The lowest BCUT2D eigenvalue weighted by Crippen LogP contribution is -2.40. The molecule has 0 radical (unpaired) electrons. The van der Waals surface area contributed by atoms with Crippen LogP contribution in [0.25, 0.3) is 0 Å². The van der Waals surface area contributed by atoms with Gasteiger partial charge >= 0.3 is 5.97 Å². The van der Waals surface area contributed by atoms with Crippen LogP contribution in [0.3, 0.4) is 0 Å². The molecule has 0 aliphatic rings. The third-order valence-corrected chi connectivity index (χ3v) is 4.27. The third-order valence-electron chi connectivity index (χ3n) is 2.47. The fourth-order valence-electron chi connectivity index (χ4n) is 1.24. The molecule has 0 aliphatic heterocycles. The number of ether oxygens (including phenoxy) is 1. The van der Waals surface area contributed by atoms with Gasteiger partial charge in [0.15, 0.2) is 0 Å². The molecule has 2 N–H and O–H groups in total. The Labute approximate surface area is 103 Å². The molecule has 0 amide bonds. The molecule has 7 heteroatoms. The summed E-state index contributed by atoms with van der Waals surface area (Å²) >= 11 is 0. The second-order valence-corrected chi connectivity index (χ2v) is 6.96. The van der Waals surface area contributed by atoms with E-state index in [9.17, 15) is 13.2 Å². The average Bonchev–Trinajstić information content (AvgIpc) is 2.25. The predicted octanol–water partition coefficient (Wildman–Crippen LogP) is -0.204. The van der Waals surface area contributed by atoms with Crippen LogP contribution in [-0.2, 0) is 19.6 Å². The molecule has 0 aromatic heterocycles. The van der Waals surface area contributed by atoms with Crippen molar-refractivity contribution in [3.63, 3.8) is 0 Å². The van der Waals surface area contributed by atoms with Gasteiger partial charge in [0.2, 0.25) is 10.0 Å². The summed E-state index contributed by atoms with van der Waals surface area (Å²) < 4.78 is 29.3. The number of hydrogen-bond acceptors (Lipinski definition) is 5. The lowest BCUT2D eigenvalue weighted by molar-refractivity contribution is -0.140. The zero-order valence-electron chi connectivity index (χ0n) is 10.9. The van der Waals surface area contributed by atoms with Crippen molar-refractivity contribution in [3.05, 3.63) is 0 Å². The molecule has 0 rings (SSSR count). The van der Waals surface area contributed by atoms with Crippen molar-refractivity contribution < 1.29 is 17.9 Å². The van der Waals surface area contributed by atoms with Crippen molar-refractivity contribution in [3.8, 4) is 0 Å². The molecule has 0 saturated carbocycles. The van der Waals surface area contributed by atoms with Crippen LogP contribution in [0.4, 0.5) is 0 Å². The fourth-order valence-corrected chi connectivity index (χ4v) is 2.52. The van der Waals surface area contributed by atoms with Crippen LogP contribution in [0.15, 0.2) is 0 Å². The summed E-state index contributed by atoms with van der Waals surface area (Å²) in [5, 5.41) is 0. The molecule has 6 nitrogen and oxygen atoms in total. The standard InChI is InChI=1S/C10H22N2O4S/c1-10(2,7-11)8-12(3)17(14,15)6-5-9(13)16-4/h5-8,11H2,1-4H3. The number of esters is 1. The maximum atomic E-state index is 11.8. The number of rotatable bonds is 7. The Morgan fingerprint density at radius 3 is 2.35 bits per heavy atom. The molecular weight excluding hydrogens is 244 g/mol. The Bertz CT molecular complexity index is 351. The molecule has 0 fully saturated rings. The topological polar surface area (TPSA) is 89.7 Å². The Kier molecular flexibility index (Phi) is 6.08. The van der Waals surface area contributed by atoms with Crippen LogP contribution in [0.5, 0.6) is 0 Å². The number of nitrogens with zero attached hydrogens (tertiary/aromatic N) is 1. The number of hydrogen-bond donors (Lipinski definition) is 1. The molecule has 0 aliphatic carbocycles. The van der Waals surface area contributed by atoms with Crippen molar-refractivity contribution in [1.29, 1.82) is 0 Å². The monoisotopic (exact) mass is 266 g/mol. The number of carbonyl (C=O) groups is 1. The number of sulfonamides is 1. The van der Waals surface area contributed by atoms with Gasteiger partial charge in [0, 0.05) is 13.6 Å². The highest BCUT2D eigenvalue weighted by Gasteiger charge is 2.26. The molecular formula is C10H22N2O4S. The van der Waals surface area contributed by atoms with Gasteiger partial charge in [-0.1, -0.05) is 13.8 Å². The minimum absolute atomic E-state index is 0.133. The summed E-state index contributed by atoms with van der Waals surface area (Å²) in [4.78, 5) is 10.9. The summed E-state index contributed by atoms with van der Waals surface area (Å²) in [5.74, 6) is -0.767. The Hall–Kier alpha value is -0.660. The van der Waals surface area contributed by atoms with Crippen LogP contribution in [-0.4, -0.2) is 51.7 Å². The number of methoxy groups -OCH3 is 1. The van der Waals surface area contributed by atoms with Gasteiger partial charge in [-0.2, -0.15) is 0 Å². The number of carbonyl (C=O) groups excluding carboxylic acids is 1. The molecule has 102 valence electrons. The molecule has 0 heterocycles. The lowest BCUT2D eigenvalue weighted by atomic mass is 9.94. The second kappa shape index (κ2) is 6.32. The maximum Gasteiger partial charge on any atom is 0.306 e. The predicted molar refractivity (Wildman–Crippen MR) is 65.9 cm³/mol. The first-order chi connectivity index (χ1) is 7.64. The van der Waals surface area contributed by atoms with E-state index in [1.807, 2.05) is 13.8 Å². The first-order valence-corrected chi connectivity index (χ1v) is 6.96. The average molecular weight is 266 g/mol. The molecule has 0 unspecified atom stereocenters. The summed E-state index contributed by atoms with van der Waals surface area (Å²) in [7, 11) is -0.709. The minimum atomic E-state index is -3.43. The third kappa shape index (κ3) is 5.99. The van der Waals surface area contributed by atoms with Crippen molar-refractivity contribution in [1.82, 2.24) is 4.31 Å². The quantitative estimate of drug-likeness (QED) is 0.644. The van der Waals surface area contributed by atoms with Crippen LogP contribution < -0.4 is 5.73 Å². The fraction of sp³-hybridized carbons (Fsp3) is 0.900. The van der Waals surface area contributed by atoms with E-state index in [0.29, 0.717) is 13.1 Å². The summed E-state index contributed by atoms with van der Waals surface area (Å²) in [6, 6.07) is 0. The molecule has 0 atom stereocenters. The van der Waals surface area contributed by atoms with E-state index in [2.05, 4.69) is 4.74 Å². The van der Waals surface area contributed by atoms with Crippen LogP contribution in [0.1, 0.15) is 20.3 Å². The first-order valence-electron chi connectivity index (χ1n) is 5.35. The van der Waals surface area contributed by atoms with Crippen molar-refractivity contribution >= 4 is 16.0 Å². The highest BCUT2D eigenvalue weighted by Crippen LogP contribution is 2.16. The zero-order chi connectivity index (χ0) is 13.7. The smallest absolute Gasteiger partial charge is 0.306 e. The van der Waals surface area contributed by atoms with E-state index in [1.165, 1.54) is 18.5 Å². The molecule has 0 bridgehead atoms.